The Balaban J connectivity index is 2.18. The van der Waals surface area contributed by atoms with Crippen LogP contribution >= 0.6 is 27.5 Å². The molecule has 0 heterocycles. The molecule has 1 fully saturated rings. The summed E-state index contributed by atoms with van der Waals surface area (Å²) in [7, 11) is 0. The third-order valence-corrected chi connectivity index (χ3v) is 3.53. The summed E-state index contributed by atoms with van der Waals surface area (Å²) in [5.41, 5.74) is 0.574. The van der Waals surface area contributed by atoms with Crippen molar-refractivity contribution in [2.24, 2.45) is 5.92 Å². The fourth-order valence-corrected chi connectivity index (χ4v) is 2.66. The molecule has 1 aliphatic carbocycles. The number of terminal acetylenes is 1. The molecule has 0 bridgehead atoms. The Kier molecular flexibility index (Phi) is 4.31. The third kappa shape index (κ3) is 3.51. The van der Waals surface area contributed by atoms with E-state index in [1.54, 1.807) is 23.1 Å². The van der Waals surface area contributed by atoms with Crippen LogP contribution in [-0.2, 0) is 0 Å². The van der Waals surface area contributed by atoms with Gasteiger partial charge in [-0.1, -0.05) is 33.5 Å². The molecule has 2 rings (SSSR count). The van der Waals surface area contributed by atoms with Crippen LogP contribution in [0.3, 0.4) is 0 Å². The number of hydrogen-bond donors (Lipinski definition) is 0. The van der Waals surface area contributed by atoms with Crippen molar-refractivity contribution in [1.29, 1.82) is 0 Å². The Labute approximate surface area is 120 Å². The van der Waals surface area contributed by atoms with Gasteiger partial charge in [0.25, 0.3) is 5.91 Å². The first-order chi connectivity index (χ1) is 8.60. The first-order valence-corrected chi connectivity index (χ1v) is 6.96. The van der Waals surface area contributed by atoms with E-state index in [9.17, 15) is 4.79 Å². The summed E-state index contributed by atoms with van der Waals surface area (Å²) in [6.07, 6.45) is 7.70. The minimum atomic E-state index is -0.0527. The number of rotatable bonds is 4. The summed E-state index contributed by atoms with van der Waals surface area (Å²) in [4.78, 5) is 14.1. The highest BCUT2D eigenvalue weighted by atomic mass is 79.9. The van der Waals surface area contributed by atoms with Crippen molar-refractivity contribution in [3.8, 4) is 12.3 Å². The fourth-order valence-electron chi connectivity index (χ4n) is 1.80. The Bertz CT molecular complexity index is 485. The number of carbonyl (C=O) groups excluding carboxylic acids is 1. The van der Waals surface area contributed by atoms with E-state index in [2.05, 4.69) is 21.9 Å². The Morgan fingerprint density at radius 3 is 2.78 bits per heavy atom. The summed E-state index contributed by atoms with van der Waals surface area (Å²) in [6, 6.07) is 5.19. The lowest BCUT2D eigenvalue weighted by Crippen LogP contribution is -2.33. The Morgan fingerprint density at radius 2 is 2.22 bits per heavy atom. The summed E-state index contributed by atoms with van der Waals surface area (Å²) in [6.45, 7) is 1.09. The largest absolute Gasteiger partial charge is 0.327 e. The number of hydrogen-bond acceptors (Lipinski definition) is 1. The highest BCUT2D eigenvalue weighted by molar-refractivity contribution is 9.10. The number of carbonyl (C=O) groups is 1. The molecule has 0 spiro atoms. The first-order valence-electron chi connectivity index (χ1n) is 5.79. The maximum Gasteiger partial charge on any atom is 0.254 e. The summed E-state index contributed by atoms with van der Waals surface area (Å²) >= 11 is 9.29. The molecule has 1 amide bonds. The second-order valence-electron chi connectivity index (χ2n) is 4.49. The lowest BCUT2D eigenvalue weighted by atomic mass is 10.2. The lowest BCUT2D eigenvalue weighted by Gasteiger charge is -2.20. The van der Waals surface area contributed by atoms with Gasteiger partial charge in [-0.3, -0.25) is 4.79 Å². The van der Waals surface area contributed by atoms with Gasteiger partial charge in [0.15, 0.2) is 0 Å². The van der Waals surface area contributed by atoms with Gasteiger partial charge in [0.2, 0.25) is 0 Å². The molecule has 1 aliphatic rings. The van der Waals surface area contributed by atoms with Crippen LogP contribution in [0.25, 0.3) is 0 Å². The zero-order chi connectivity index (χ0) is 13.1. The molecule has 0 unspecified atom stereocenters. The smallest absolute Gasteiger partial charge is 0.254 e. The zero-order valence-corrected chi connectivity index (χ0v) is 12.2. The van der Waals surface area contributed by atoms with Crippen LogP contribution in [0.15, 0.2) is 22.7 Å². The predicted molar refractivity (Wildman–Crippen MR) is 76.6 cm³/mol. The molecule has 0 saturated heterocycles. The van der Waals surface area contributed by atoms with E-state index in [-0.39, 0.29) is 5.91 Å². The molecular formula is C14H13BrClNO. The van der Waals surface area contributed by atoms with Crippen LogP contribution in [0.5, 0.6) is 0 Å². The maximum absolute atomic E-state index is 12.4. The molecule has 0 radical (unpaired) electrons. The standard InChI is InChI=1S/C14H13BrClNO/c1-2-5-17(9-10-3-4-10)14(18)11-6-12(15)8-13(16)7-11/h1,6-8,10H,3-5,9H2. The van der Waals surface area contributed by atoms with Gasteiger partial charge in [-0.25, -0.2) is 0 Å². The molecule has 1 aromatic carbocycles. The highest BCUT2D eigenvalue weighted by Crippen LogP contribution is 2.30. The third-order valence-electron chi connectivity index (χ3n) is 2.85. The second-order valence-corrected chi connectivity index (χ2v) is 5.84. The van der Waals surface area contributed by atoms with E-state index in [4.69, 9.17) is 18.0 Å². The van der Waals surface area contributed by atoms with Gasteiger partial charge in [-0.15, -0.1) is 6.42 Å². The second kappa shape index (κ2) is 5.77. The van der Waals surface area contributed by atoms with Gasteiger partial charge >= 0.3 is 0 Å². The number of nitrogens with zero attached hydrogens (tertiary/aromatic N) is 1. The minimum absolute atomic E-state index is 0.0527. The quantitative estimate of drug-likeness (QED) is 0.774. The molecule has 0 aromatic heterocycles. The first kappa shape index (κ1) is 13.5. The SMILES string of the molecule is C#CCN(CC1CC1)C(=O)c1cc(Cl)cc(Br)c1. The van der Waals surface area contributed by atoms with Crippen LogP contribution in [0, 0.1) is 18.3 Å². The molecule has 1 aromatic rings. The van der Waals surface area contributed by atoms with Crippen LogP contribution in [0.4, 0.5) is 0 Å². The monoisotopic (exact) mass is 325 g/mol. The molecule has 0 aliphatic heterocycles. The Hall–Kier alpha value is -0.980. The minimum Gasteiger partial charge on any atom is -0.327 e. The number of benzene rings is 1. The van der Waals surface area contributed by atoms with E-state index < -0.39 is 0 Å². The predicted octanol–water partition coefficient (Wildman–Crippen LogP) is 3.59. The van der Waals surface area contributed by atoms with Crippen molar-refractivity contribution < 1.29 is 4.79 Å². The van der Waals surface area contributed by atoms with Crippen molar-refractivity contribution in [1.82, 2.24) is 4.90 Å². The van der Waals surface area contributed by atoms with Crippen LogP contribution in [0.1, 0.15) is 23.2 Å². The van der Waals surface area contributed by atoms with E-state index in [0.717, 1.165) is 11.0 Å². The number of halogens is 2. The molecule has 4 heteroatoms. The van der Waals surface area contributed by atoms with Gasteiger partial charge in [0, 0.05) is 21.6 Å². The number of amides is 1. The summed E-state index contributed by atoms with van der Waals surface area (Å²) < 4.78 is 0.797. The highest BCUT2D eigenvalue weighted by Gasteiger charge is 2.27. The summed E-state index contributed by atoms with van der Waals surface area (Å²) in [5.74, 6) is 3.10. The van der Waals surface area contributed by atoms with Crippen molar-refractivity contribution in [2.45, 2.75) is 12.8 Å². The average Bonchev–Trinajstić information content (AvgIpc) is 3.10. The van der Waals surface area contributed by atoms with Crippen LogP contribution in [0.2, 0.25) is 5.02 Å². The van der Waals surface area contributed by atoms with Gasteiger partial charge < -0.3 is 4.90 Å². The molecule has 0 N–H and O–H groups in total. The molecule has 0 atom stereocenters. The summed E-state index contributed by atoms with van der Waals surface area (Å²) in [5, 5.41) is 0.541. The maximum atomic E-state index is 12.4. The molecule has 2 nitrogen and oxygen atoms in total. The van der Waals surface area contributed by atoms with E-state index >= 15 is 0 Å². The van der Waals surface area contributed by atoms with Gasteiger partial charge in [0.05, 0.1) is 6.54 Å². The van der Waals surface area contributed by atoms with Crippen molar-refractivity contribution in [2.75, 3.05) is 13.1 Å². The lowest BCUT2D eigenvalue weighted by molar-refractivity contribution is 0.0769. The van der Waals surface area contributed by atoms with Crippen molar-refractivity contribution in [3.05, 3.63) is 33.3 Å². The van der Waals surface area contributed by atoms with E-state index in [0.29, 0.717) is 23.0 Å². The zero-order valence-electron chi connectivity index (χ0n) is 9.83. The van der Waals surface area contributed by atoms with Crippen LogP contribution in [-0.4, -0.2) is 23.9 Å². The Morgan fingerprint density at radius 1 is 1.50 bits per heavy atom. The normalized spacial score (nSPS) is 14.1. The molecule has 94 valence electrons. The fraction of sp³-hybridized carbons (Fsp3) is 0.357. The van der Waals surface area contributed by atoms with Crippen molar-refractivity contribution in [3.63, 3.8) is 0 Å². The van der Waals surface area contributed by atoms with Crippen molar-refractivity contribution >= 4 is 33.4 Å². The topological polar surface area (TPSA) is 20.3 Å². The van der Waals surface area contributed by atoms with Crippen LogP contribution < -0.4 is 0 Å². The van der Waals surface area contributed by atoms with Gasteiger partial charge in [-0.05, 0) is 37.0 Å². The molecular weight excluding hydrogens is 314 g/mol. The molecule has 1 saturated carbocycles. The van der Waals surface area contributed by atoms with E-state index in [1.807, 2.05) is 0 Å². The molecule has 18 heavy (non-hydrogen) atoms. The van der Waals surface area contributed by atoms with Gasteiger partial charge in [0.1, 0.15) is 0 Å². The average molecular weight is 327 g/mol. The van der Waals surface area contributed by atoms with E-state index in [1.165, 1.54) is 12.8 Å². The van der Waals surface area contributed by atoms with Gasteiger partial charge in [-0.2, -0.15) is 0 Å².